The summed E-state index contributed by atoms with van der Waals surface area (Å²) in [6, 6.07) is 5.52. The summed E-state index contributed by atoms with van der Waals surface area (Å²) in [5.74, 6) is 0.150. The predicted molar refractivity (Wildman–Crippen MR) is 73.3 cm³/mol. The smallest absolute Gasteiger partial charge is 0.229 e. The molecule has 1 amide bonds. The van der Waals surface area contributed by atoms with E-state index in [4.69, 9.17) is 23.8 Å². The number of anilines is 1. The van der Waals surface area contributed by atoms with E-state index in [9.17, 15) is 4.79 Å². The molecule has 0 aromatic heterocycles. The zero-order valence-electron chi connectivity index (χ0n) is 9.42. The van der Waals surface area contributed by atoms with Gasteiger partial charge in [-0.3, -0.25) is 4.79 Å². The van der Waals surface area contributed by atoms with E-state index < -0.39 is 0 Å². The minimum Gasteiger partial charge on any atom is -0.332 e. The van der Waals surface area contributed by atoms with Crippen LogP contribution in [0.2, 0.25) is 5.02 Å². The minimum absolute atomic E-state index is 0.00202. The van der Waals surface area contributed by atoms with Crippen LogP contribution in [0.25, 0.3) is 0 Å². The van der Waals surface area contributed by atoms with Gasteiger partial charge in [-0.25, -0.2) is 0 Å². The molecule has 5 heteroatoms. The van der Waals surface area contributed by atoms with Gasteiger partial charge in [-0.2, -0.15) is 0 Å². The van der Waals surface area contributed by atoms with Crippen molar-refractivity contribution in [1.82, 2.24) is 5.32 Å². The Balaban J connectivity index is 1.97. The van der Waals surface area contributed by atoms with Crippen molar-refractivity contribution in [3.63, 3.8) is 0 Å². The van der Waals surface area contributed by atoms with Gasteiger partial charge in [0.25, 0.3) is 0 Å². The molecule has 0 heterocycles. The lowest BCUT2D eigenvalue weighted by molar-refractivity contribution is -0.120. The maximum atomic E-state index is 11.5. The van der Waals surface area contributed by atoms with E-state index in [-0.39, 0.29) is 11.8 Å². The molecule has 0 unspecified atom stereocenters. The van der Waals surface area contributed by atoms with Crippen LogP contribution in [0.4, 0.5) is 5.69 Å². The van der Waals surface area contributed by atoms with Gasteiger partial charge >= 0.3 is 0 Å². The van der Waals surface area contributed by atoms with E-state index in [2.05, 4.69) is 10.6 Å². The van der Waals surface area contributed by atoms with Crippen molar-refractivity contribution in [3.05, 3.63) is 28.8 Å². The fourth-order valence-corrected chi connectivity index (χ4v) is 1.84. The fraction of sp³-hybridized carbons (Fsp3) is 0.333. The van der Waals surface area contributed by atoms with Crippen LogP contribution >= 0.6 is 23.8 Å². The Bertz CT molecular complexity index is 472. The number of halogens is 1. The third kappa shape index (κ3) is 3.17. The molecule has 0 atom stereocenters. The number of benzene rings is 1. The van der Waals surface area contributed by atoms with Gasteiger partial charge in [-0.05, 0) is 49.7 Å². The topological polar surface area (TPSA) is 41.1 Å². The van der Waals surface area contributed by atoms with Crippen molar-refractivity contribution in [1.29, 1.82) is 0 Å². The van der Waals surface area contributed by atoms with Crippen LogP contribution in [-0.2, 0) is 4.79 Å². The van der Waals surface area contributed by atoms with E-state index in [1.165, 1.54) is 0 Å². The molecule has 1 aliphatic rings. The summed E-state index contributed by atoms with van der Waals surface area (Å²) >= 11 is 11.1. The first-order valence-corrected chi connectivity index (χ1v) is 6.23. The second-order valence-electron chi connectivity index (χ2n) is 4.13. The molecular formula is C12H13ClN2OS. The number of thiocarbonyl (C=S) groups is 1. The molecule has 1 saturated carbocycles. The molecule has 0 spiro atoms. The Hall–Kier alpha value is -1.13. The van der Waals surface area contributed by atoms with Crippen LogP contribution in [0, 0.1) is 12.8 Å². The summed E-state index contributed by atoms with van der Waals surface area (Å²) in [5.41, 5.74) is 1.73. The number of hydrogen-bond donors (Lipinski definition) is 2. The minimum atomic E-state index is 0.00202. The third-order valence-electron chi connectivity index (χ3n) is 2.70. The molecule has 90 valence electrons. The summed E-state index contributed by atoms with van der Waals surface area (Å²) in [6.07, 6.45) is 1.93. The zero-order valence-corrected chi connectivity index (χ0v) is 11.0. The zero-order chi connectivity index (χ0) is 12.4. The van der Waals surface area contributed by atoms with E-state index >= 15 is 0 Å². The molecule has 1 fully saturated rings. The fourth-order valence-electron chi connectivity index (χ4n) is 1.46. The highest BCUT2D eigenvalue weighted by Gasteiger charge is 2.30. The Morgan fingerprint density at radius 1 is 1.47 bits per heavy atom. The average Bonchev–Trinajstić information content (AvgIpc) is 3.08. The number of carbonyl (C=O) groups is 1. The summed E-state index contributed by atoms with van der Waals surface area (Å²) < 4.78 is 0. The van der Waals surface area contributed by atoms with E-state index in [1.807, 2.05) is 25.1 Å². The maximum absolute atomic E-state index is 11.5. The largest absolute Gasteiger partial charge is 0.332 e. The molecule has 0 radical (unpaired) electrons. The van der Waals surface area contributed by atoms with Gasteiger partial charge in [0.15, 0.2) is 5.11 Å². The van der Waals surface area contributed by atoms with Crippen molar-refractivity contribution < 1.29 is 4.79 Å². The summed E-state index contributed by atoms with van der Waals surface area (Å²) in [7, 11) is 0. The molecule has 0 aliphatic heterocycles. The Kier molecular flexibility index (Phi) is 3.64. The molecule has 3 nitrogen and oxygen atoms in total. The second-order valence-corrected chi connectivity index (χ2v) is 4.95. The van der Waals surface area contributed by atoms with Crippen LogP contribution in [0.5, 0.6) is 0 Å². The first-order valence-electron chi connectivity index (χ1n) is 5.45. The van der Waals surface area contributed by atoms with E-state index in [0.717, 1.165) is 24.1 Å². The van der Waals surface area contributed by atoms with Gasteiger partial charge < -0.3 is 10.6 Å². The van der Waals surface area contributed by atoms with E-state index in [1.54, 1.807) is 0 Å². The highest BCUT2D eigenvalue weighted by atomic mass is 35.5. The van der Waals surface area contributed by atoms with Gasteiger partial charge in [0.05, 0.1) is 0 Å². The van der Waals surface area contributed by atoms with Gasteiger partial charge in [0.2, 0.25) is 5.91 Å². The molecule has 1 aliphatic carbocycles. The van der Waals surface area contributed by atoms with Gasteiger partial charge in [-0.15, -0.1) is 0 Å². The van der Waals surface area contributed by atoms with Crippen molar-refractivity contribution in [3.8, 4) is 0 Å². The van der Waals surface area contributed by atoms with Crippen molar-refractivity contribution in [2.75, 3.05) is 5.32 Å². The average molecular weight is 269 g/mol. The van der Waals surface area contributed by atoms with Crippen molar-refractivity contribution in [2.45, 2.75) is 19.8 Å². The first-order chi connectivity index (χ1) is 8.08. The second kappa shape index (κ2) is 5.02. The third-order valence-corrected chi connectivity index (χ3v) is 3.31. The summed E-state index contributed by atoms with van der Waals surface area (Å²) in [5, 5.41) is 6.65. The predicted octanol–water partition coefficient (Wildman–Crippen LogP) is 2.87. The number of amides is 1. The van der Waals surface area contributed by atoms with Crippen LogP contribution in [0.1, 0.15) is 18.4 Å². The normalized spacial score (nSPS) is 14.2. The lowest BCUT2D eigenvalue weighted by Crippen LogP contribution is -2.35. The summed E-state index contributed by atoms with van der Waals surface area (Å²) in [4.78, 5) is 11.5. The van der Waals surface area contributed by atoms with Gasteiger partial charge in [-0.1, -0.05) is 17.7 Å². The molecule has 1 aromatic rings. The number of carbonyl (C=O) groups excluding carboxylic acids is 1. The van der Waals surface area contributed by atoms with Crippen molar-refractivity contribution in [2.24, 2.45) is 5.92 Å². The Morgan fingerprint density at radius 2 is 2.18 bits per heavy atom. The molecule has 2 N–H and O–H groups in total. The molecule has 0 saturated heterocycles. The number of rotatable bonds is 2. The monoisotopic (exact) mass is 268 g/mol. The van der Waals surface area contributed by atoms with Crippen molar-refractivity contribution >= 4 is 40.5 Å². The highest BCUT2D eigenvalue weighted by Crippen LogP contribution is 2.28. The van der Waals surface area contributed by atoms with Crippen LogP contribution in [0.15, 0.2) is 18.2 Å². The quantitative estimate of drug-likeness (QED) is 0.811. The molecule has 1 aromatic carbocycles. The lowest BCUT2D eigenvalue weighted by atomic mass is 10.2. The van der Waals surface area contributed by atoms with Crippen LogP contribution in [-0.4, -0.2) is 11.0 Å². The Labute approximate surface area is 111 Å². The van der Waals surface area contributed by atoms with Crippen LogP contribution in [0.3, 0.4) is 0 Å². The number of hydrogen-bond acceptors (Lipinski definition) is 2. The standard InChI is InChI=1S/C12H13ClN2OS/c1-7-9(13)3-2-4-10(7)14-12(17)15-11(16)8-5-6-8/h2-4,8H,5-6H2,1H3,(H2,14,15,16,17). The maximum Gasteiger partial charge on any atom is 0.229 e. The van der Waals surface area contributed by atoms with E-state index in [0.29, 0.717) is 10.1 Å². The highest BCUT2D eigenvalue weighted by molar-refractivity contribution is 7.80. The number of nitrogens with one attached hydrogen (secondary N) is 2. The first kappa shape index (κ1) is 12.3. The summed E-state index contributed by atoms with van der Waals surface area (Å²) in [6.45, 7) is 1.90. The van der Waals surface area contributed by atoms with Crippen LogP contribution < -0.4 is 10.6 Å². The molecule has 17 heavy (non-hydrogen) atoms. The molecule has 2 rings (SSSR count). The molecule has 0 bridgehead atoms. The Morgan fingerprint density at radius 3 is 2.82 bits per heavy atom. The molecular weight excluding hydrogens is 256 g/mol. The lowest BCUT2D eigenvalue weighted by Gasteiger charge is -2.12. The van der Waals surface area contributed by atoms with Gasteiger partial charge in [0, 0.05) is 16.6 Å². The van der Waals surface area contributed by atoms with Gasteiger partial charge in [0.1, 0.15) is 0 Å². The SMILES string of the molecule is Cc1c(Cl)cccc1NC(=S)NC(=O)C1CC1.